The molecule has 1 aromatic carbocycles. The summed E-state index contributed by atoms with van der Waals surface area (Å²) in [6.45, 7) is 0.681. The van der Waals surface area contributed by atoms with Crippen molar-refractivity contribution in [3.8, 4) is 6.07 Å². The fourth-order valence-electron chi connectivity index (χ4n) is 4.33. The molecule has 2 atom stereocenters. The number of nitrogens with zero attached hydrogens (tertiary/aromatic N) is 2. The van der Waals surface area contributed by atoms with Gasteiger partial charge in [0.25, 0.3) is 0 Å². The van der Waals surface area contributed by atoms with Crippen molar-refractivity contribution >= 4 is 33.7 Å². The molecule has 0 saturated carbocycles. The predicted molar refractivity (Wildman–Crippen MR) is 115 cm³/mol. The Labute approximate surface area is 184 Å². The Hall–Kier alpha value is -2.32. The van der Waals surface area contributed by atoms with E-state index in [9.17, 15) is 28.9 Å². The summed E-state index contributed by atoms with van der Waals surface area (Å²) in [6, 6.07) is 2.49. The number of hydrogen-bond acceptors (Lipinski definition) is 6. The molecule has 3 N–H and O–H groups in total. The van der Waals surface area contributed by atoms with Crippen LogP contribution in [0.3, 0.4) is 0 Å². The highest BCUT2D eigenvalue weighted by molar-refractivity contribution is 7.78. The smallest absolute Gasteiger partial charge is 0.353 e. The van der Waals surface area contributed by atoms with Gasteiger partial charge in [-0.2, -0.15) is 5.26 Å². The van der Waals surface area contributed by atoms with Gasteiger partial charge < -0.3 is 15.5 Å². The number of benzene rings is 1. The molecule has 0 radical (unpaired) electrons. The molecular formula is C21H22FN3O4S2. The lowest BCUT2D eigenvalue weighted by Crippen LogP contribution is -2.24. The highest BCUT2D eigenvalue weighted by atomic mass is 32.2. The summed E-state index contributed by atoms with van der Waals surface area (Å²) in [7, 11) is -2.72. The van der Waals surface area contributed by atoms with Gasteiger partial charge in [-0.05, 0) is 73.8 Å². The van der Waals surface area contributed by atoms with Crippen molar-refractivity contribution in [2.24, 2.45) is 4.36 Å². The molecule has 2 aliphatic rings. The van der Waals surface area contributed by atoms with Crippen LogP contribution in [-0.2, 0) is 41.9 Å². The lowest BCUT2D eigenvalue weighted by Gasteiger charge is -2.17. The summed E-state index contributed by atoms with van der Waals surface area (Å²) in [6.07, 6.45) is 4.86. The SMILES string of the molecule is C[C@@](O)(CO)c1cc(F)c(/[SH](=O)=N/C(=O)Nc2c3c(c(C#N)c4c2CCC4)CCC3)s1. The zero-order valence-corrected chi connectivity index (χ0v) is 18.6. The number of carbonyl (C=O) groups excluding carboxylic acids is 1. The minimum absolute atomic E-state index is 0.101. The minimum Gasteiger partial charge on any atom is -0.393 e. The third-order valence-corrected chi connectivity index (χ3v) is 8.68. The van der Waals surface area contributed by atoms with E-state index in [2.05, 4.69) is 15.7 Å². The summed E-state index contributed by atoms with van der Waals surface area (Å²) < 4.78 is 30.2. The molecule has 2 aromatic rings. The Bertz CT molecular complexity index is 1170. The number of thiol groups is 1. The fourth-order valence-corrected chi connectivity index (χ4v) is 6.43. The summed E-state index contributed by atoms with van der Waals surface area (Å²) in [5.41, 5.74) is 3.55. The van der Waals surface area contributed by atoms with E-state index in [-0.39, 0.29) is 9.09 Å². The van der Waals surface area contributed by atoms with Crippen molar-refractivity contribution in [3.05, 3.63) is 44.6 Å². The van der Waals surface area contributed by atoms with Gasteiger partial charge in [-0.1, -0.05) is 0 Å². The molecule has 0 aliphatic heterocycles. The standard InChI is InChI=1S/C21H22FN3O4S2/c1-21(28,10-26)17-8-16(22)19(30-17)31(29)25-20(27)24-18-13-6-2-4-11(13)15(9-23)12-5-3-7-14(12)18/h8,26,28,31H,2-7,10H2,1H3,(H,24,27)/t21-/m1/s1. The van der Waals surface area contributed by atoms with Crippen LogP contribution in [0.15, 0.2) is 14.6 Å². The lowest BCUT2D eigenvalue weighted by atomic mass is 9.93. The van der Waals surface area contributed by atoms with Crippen LogP contribution >= 0.6 is 11.3 Å². The molecule has 7 nitrogen and oxygen atoms in total. The molecular weight excluding hydrogens is 441 g/mol. The van der Waals surface area contributed by atoms with Crippen molar-refractivity contribution in [3.63, 3.8) is 0 Å². The van der Waals surface area contributed by atoms with E-state index in [1.165, 1.54) is 6.92 Å². The average molecular weight is 464 g/mol. The molecule has 1 unspecified atom stereocenters. The van der Waals surface area contributed by atoms with E-state index in [0.29, 0.717) is 17.0 Å². The van der Waals surface area contributed by atoms with Gasteiger partial charge in [0.1, 0.15) is 9.81 Å². The molecule has 0 spiro atoms. The number of amides is 2. The first-order chi connectivity index (χ1) is 14.8. The van der Waals surface area contributed by atoms with Gasteiger partial charge in [-0.3, -0.25) is 0 Å². The number of urea groups is 1. The Kier molecular flexibility index (Phi) is 5.87. The van der Waals surface area contributed by atoms with E-state index in [1.54, 1.807) is 0 Å². The Morgan fingerprint density at radius 3 is 2.42 bits per heavy atom. The van der Waals surface area contributed by atoms with E-state index in [1.807, 2.05) is 0 Å². The van der Waals surface area contributed by atoms with Crippen LogP contribution in [0.2, 0.25) is 0 Å². The number of halogens is 1. The molecule has 4 rings (SSSR count). The van der Waals surface area contributed by atoms with Crippen LogP contribution in [0.4, 0.5) is 14.9 Å². The number of hydrogen-bond donors (Lipinski definition) is 4. The van der Waals surface area contributed by atoms with Gasteiger partial charge in [0, 0.05) is 10.6 Å². The maximum Gasteiger partial charge on any atom is 0.353 e. The maximum atomic E-state index is 14.3. The number of thiophene rings is 1. The van der Waals surface area contributed by atoms with Crippen LogP contribution in [-0.4, -0.2) is 27.1 Å². The van der Waals surface area contributed by atoms with E-state index < -0.39 is 34.7 Å². The van der Waals surface area contributed by atoms with E-state index >= 15 is 0 Å². The highest BCUT2D eigenvalue weighted by Crippen LogP contribution is 2.41. The first-order valence-electron chi connectivity index (χ1n) is 9.99. The van der Waals surface area contributed by atoms with Gasteiger partial charge in [0.2, 0.25) is 0 Å². The van der Waals surface area contributed by atoms with Crippen molar-refractivity contribution < 1.29 is 23.6 Å². The van der Waals surface area contributed by atoms with E-state index in [4.69, 9.17) is 0 Å². The van der Waals surface area contributed by atoms with Crippen LogP contribution in [0.5, 0.6) is 0 Å². The lowest BCUT2D eigenvalue weighted by molar-refractivity contribution is 0.000654. The second-order valence-electron chi connectivity index (χ2n) is 7.98. The van der Waals surface area contributed by atoms with Crippen LogP contribution < -0.4 is 5.32 Å². The third-order valence-electron chi connectivity index (χ3n) is 5.85. The number of fused-ring (bicyclic) bond motifs is 2. The Balaban J connectivity index is 1.66. The number of rotatable bonds is 4. The van der Waals surface area contributed by atoms with Crippen molar-refractivity contribution in [2.45, 2.75) is 55.3 Å². The molecule has 1 heterocycles. The van der Waals surface area contributed by atoms with Crippen molar-refractivity contribution in [1.82, 2.24) is 0 Å². The topological polar surface area (TPSA) is 123 Å². The van der Waals surface area contributed by atoms with Crippen molar-refractivity contribution in [2.75, 3.05) is 11.9 Å². The molecule has 0 saturated heterocycles. The van der Waals surface area contributed by atoms with Gasteiger partial charge >= 0.3 is 6.03 Å². The molecule has 164 valence electrons. The monoisotopic (exact) mass is 463 g/mol. The normalized spacial score (nSPS) is 17.6. The number of nitrogens with one attached hydrogen (secondary N) is 1. The zero-order chi connectivity index (χ0) is 22.3. The number of nitriles is 1. The minimum atomic E-state index is -2.72. The molecule has 1 aromatic heterocycles. The van der Waals surface area contributed by atoms with Gasteiger partial charge in [-0.15, -0.1) is 15.7 Å². The first kappa shape index (κ1) is 21.9. The zero-order valence-electron chi connectivity index (χ0n) is 16.9. The molecule has 10 heteroatoms. The van der Waals surface area contributed by atoms with Gasteiger partial charge in [0.05, 0.1) is 28.8 Å². The summed E-state index contributed by atoms with van der Waals surface area (Å²) in [4.78, 5) is 12.7. The highest BCUT2D eigenvalue weighted by Gasteiger charge is 2.30. The molecule has 0 fully saturated rings. The molecule has 0 bridgehead atoms. The van der Waals surface area contributed by atoms with Crippen LogP contribution in [0.1, 0.15) is 52.5 Å². The van der Waals surface area contributed by atoms with Gasteiger partial charge in [-0.25, -0.2) is 13.4 Å². The predicted octanol–water partition coefficient (Wildman–Crippen LogP) is 3.19. The second-order valence-corrected chi connectivity index (χ2v) is 10.5. The van der Waals surface area contributed by atoms with Crippen LogP contribution in [0, 0.1) is 17.1 Å². The van der Waals surface area contributed by atoms with Crippen LogP contribution in [0.25, 0.3) is 0 Å². The Morgan fingerprint density at radius 2 is 1.87 bits per heavy atom. The maximum absolute atomic E-state index is 14.3. The number of aliphatic hydroxyl groups excluding tert-OH is 1. The third kappa shape index (κ3) is 3.87. The quantitative estimate of drug-likeness (QED) is 0.519. The Morgan fingerprint density at radius 1 is 1.29 bits per heavy atom. The number of anilines is 1. The van der Waals surface area contributed by atoms with Crippen molar-refractivity contribution in [1.29, 1.82) is 5.26 Å². The summed E-state index contributed by atoms with van der Waals surface area (Å²) in [5, 5.41) is 31.7. The van der Waals surface area contributed by atoms with Gasteiger partial charge in [0.15, 0.2) is 5.82 Å². The molecule has 31 heavy (non-hydrogen) atoms. The molecule has 2 aliphatic carbocycles. The second kappa shape index (κ2) is 8.31. The summed E-state index contributed by atoms with van der Waals surface area (Å²) >= 11 is 0.714. The summed E-state index contributed by atoms with van der Waals surface area (Å²) in [5.74, 6) is -0.841. The molecule has 2 amide bonds. The first-order valence-corrected chi connectivity index (χ1v) is 12.0. The number of aliphatic hydroxyl groups is 2. The fraction of sp³-hybridized carbons (Fsp3) is 0.429. The average Bonchev–Trinajstić information content (AvgIpc) is 3.47. The largest absolute Gasteiger partial charge is 0.393 e. The van der Waals surface area contributed by atoms with E-state index in [0.717, 1.165) is 72.4 Å². The number of carbonyl (C=O) groups is 1.